The molecule has 4 saturated heterocycles. The second-order valence-corrected chi connectivity index (χ2v) is 42.9. The van der Waals surface area contributed by atoms with Crippen LogP contribution >= 0.6 is 70.1 Å². The first-order valence-electron chi connectivity index (χ1n) is 47.4. The molecule has 4 atom stereocenters. The van der Waals surface area contributed by atoms with Crippen molar-refractivity contribution in [3.63, 3.8) is 0 Å². The largest absolute Gasteiger partial charge is 0.434 e. The van der Waals surface area contributed by atoms with Crippen LogP contribution in [0.3, 0.4) is 0 Å². The highest BCUT2D eigenvalue weighted by molar-refractivity contribution is 8.00. The fourth-order valence-electron chi connectivity index (χ4n) is 23.1. The van der Waals surface area contributed by atoms with E-state index in [1.807, 2.05) is 78.8 Å². The lowest BCUT2D eigenvalue weighted by Crippen LogP contribution is -2.45. The van der Waals surface area contributed by atoms with E-state index in [2.05, 4.69) is 181 Å². The van der Waals surface area contributed by atoms with E-state index >= 15 is 0 Å². The molecule has 8 aliphatic rings. The van der Waals surface area contributed by atoms with Gasteiger partial charge in [0, 0.05) is 170 Å². The molecule has 0 amide bonds. The van der Waals surface area contributed by atoms with Crippen molar-refractivity contribution in [2.45, 2.75) is 178 Å². The standard InChI is InChI=1S/C27H26F3N5S.C26H28ClN7OS.C26H28ClN7S.C26H27ClN6/c1-17-15-21(34-12-8-26(9-13-34)16-18-5-2-3-6-19(18)23(26)31)35-14-11-33-25(35)22(17)36-20-7-4-10-32-24(20)27(28,29)30;1-15-21(36-19-6-9-30-23(29)20(19)27)24-32-17(14-35)13-34(24)25(31-15)33-10-7-26(8-11-33)12-16-4-2-3-5-18(16)22(26)28;1-15-14-31-24-21(35-19-7-10-30-23(29)20(19)27)16(2)32-25(34(15)24)33-11-8-26(9-12-33)13-17-5-3-4-6-18(17)22(26)28;1-16-14-20(33-13-10-31-25(33)21(16)19-6-9-30-24(29)22(19)27)32-11-7-26(8-12-32)15-17-4-2-3-5-18(17)23(26)28/h2-7,10-11,14-15,23H,8-9,12-13,16,31H2,1H3;2-6,9,13,22,35H,7-8,10-12,14,28H2,1H3,(H2,29,30);3-7,10,14,22H,8-9,11-13,28H2,1-2H3,(H2,29,30);2-6,9-10,13-14,23H,7-8,11-12,15,28H2,1H3,(H2,29,30)/t23-;2*22-;23-/m1111/s1. The average Bonchev–Trinajstić information content (AvgIpc) is 1.54. The average molecular weight is 2000 g/mol. The maximum absolute atomic E-state index is 13.5. The van der Waals surface area contributed by atoms with Crippen molar-refractivity contribution in [3.05, 3.63) is 301 Å². The van der Waals surface area contributed by atoms with Crippen molar-refractivity contribution >= 4 is 134 Å². The summed E-state index contributed by atoms with van der Waals surface area (Å²) in [7, 11) is 0. The monoisotopic (exact) mass is 1990 g/mol. The third-order valence-corrected chi connectivity index (χ3v) is 35.9. The summed E-state index contributed by atoms with van der Waals surface area (Å²) in [4.78, 5) is 58.4. The Labute approximate surface area is 836 Å². The van der Waals surface area contributed by atoms with Crippen molar-refractivity contribution in [1.82, 2.24) is 67.4 Å². The molecule has 16 aromatic rings. The fourth-order valence-corrected chi connectivity index (χ4v) is 26.8. The summed E-state index contributed by atoms with van der Waals surface area (Å²) < 4.78 is 48.9. The SMILES string of the molecule is Cc1cc(N2CCC3(CC2)Cc2ccccc2[C@H]3N)n2ccnc2c1-c1ccnc(N)c1Cl.Cc1cc(N2CCC3(CC2)Cc2ccccc2[C@H]3N)n2ccnc2c1Sc1cccnc1C(F)(F)F.Cc1nc(N2CCC3(CC2)Cc2ccccc2[C@H]3N)n2c(C)cnc2c1Sc1ccnc(N)c1Cl.Cc1nc(N2CCC3(CC2)Cc2ccccc2[C@H]3N)n2cc(CO)nc2c1Sc1ccnc(N)c1Cl. The van der Waals surface area contributed by atoms with Gasteiger partial charge in [0.15, 0.2) is 22.6 Å². The number of fused-ring (bicyclic) bond motifs is 8. The minimum atomic E-state index is -4.52. The van der Waals surface area contributed by atoms with Crippen LogP contribution in [0.1, 0.15) is 160 Å². The van der Waals surface area contributed by atoms with E-state index in [0.29, 0.717) is 42.9 Å². The number of pyridine rings is 6. The molecule has 12 aromatic heterocycles. The predicted octanol–water partition coefficient (Wildman–Crippen LogP) is 20.0. The summed E-state index contributed by atoms with van der Waals surface area (Å²) in [5.41, 5.74) is 65.7. The highest BCUT2D eigenvalue weighted by Gasteiger charge is 2.51. The third kappa shape index (κ3) is 16.9. The molecule has 720 valence electrons. The molecular formula is C105H109Cl3F3N25OS3. The molecule has 24 rings (SSSR count). The molecule has 4 fully saturated rings. The Hall–Kier alpha value is -11.8. The van der Waals surface area contributed by atoms with Crippen LogP contribution in [0.25, 0.3) is 33.7 Å². The quantitative estimate of drug-likeness (QED) is 0.0563. The molecule has 140 heavy (non-hydrogen) atoms. The minimum absolute atomic E-state index is 0.0481. The molecule has 4 aliphatic carbocycles. The van der Waals surface area contributed by atoms with Crippen molar-refractivity contribution in [2.24, 2.45) is 44.6 Å². The van der Waals surface area contributed by atoms with Gasteiger partial charge in [0.2, 0.25) is 11.9 Å². The first-order chi connectivity index (χ1) is 67.5. The third-order valence-electron chi connectivity index (χ3n) is 30.8. The number of alkyl halides is 3. The summed E-state index contributed by atoms with van der Waals surface area (Å²) in [5, 5.41) is 11.2. The topological polar surface area (TPSA) is 362 Å². The number of hydrogen-bond acceptors (Lipinski definition) is 25. The normalized spacial score (nSPS) is 19.1. The van der Waals surface area contributed by atoms with Gasteiger partial charge in [0.05, 0.1) is 53.4 Å². The van der Waals surface area contributed by atoms with Gasteiger partial charge in [-0.1, -0.05) is 167 Å². The molecule has 26 nitrogen and oxygen atoms in total. The van der Waals surface area contributed by atoms with Crippen molar-refractivity contribution < 1.29 is 18.3 Å². The number of aromatic nitrogens is 14. The number of rotatable bonds is 12. The molecule has 4 spiro atoms. The first kappa shape index (κ1) is 94.5. The highest BCUT2D eigenvalue weighted by atomic mass is 35.5. The number of nitrogens with zero attached hydrogens (tertiary/aromatic N) is 18. The van der Waals surface area contributed by atoms with Gasteiger partial charge in [-0.25, -0.2) is 44.9 Å². The van der Waals surface area contributed by atoms with Gasteiger partial charge in [0.1, 0.15) is 34.7 Å². The lowest BCUT2D eigenvalue weighted by Gasteiger charge is -2.43. The number of nitrogen functional groups attached to an aromatic ring is 3. The Bertz CT molecular complexity index is 7460. The Morgan fingerprint density at radius 2 is 0.814 bits per heavy atom. The molecule has 35 heteroatoms. The zero-order valence-electron chi connectivity index (χ0n) is 78.2. The number of piperidine rings is 4. The number of anilines is 7. The van der Waals surface area contributed by atoms with Crippen molar-refractivity contribution in [2.75, 3.05) is 89.2 Å². The summed E-state index contributed by atoms with van der Waals surface area (Å²) in [5.74, 6) is 4.87. The van der Waals surface area contributed by atoms with Crippen LogP contribution in [0.5, 0.6) is 0 Å². The van der Waals surface area contributed by atoms with Crippen LogP contribution in [0.15, 0.2) is 231 Å². The second-order valence-electron chi connectivity index (χ2n) is 38.7. The van der Waals surface area contributed by atoms with Crippen LogP contribution in [0.2, 0.25) is 15.1 Å². The van der Waals surface area contributed by atoms with Gasteiger partial charge < -0.3 is 64.8 Å². The van der Waals surface area contributed by atoms with E-state index in [1.54, 1.807) is 24.8 Å². The molecule has 0 unspecified atom stereocenters. The van der Waals surface area contributed by atoms with Crippen LogP contribution in [-0.4, -0.2) is 125 Å². The Kier molecular flexibility index (Phi) is 25.4. The number of aliphatic hydroxyl groups excluding tert-OH is 1. The van der Waals surface area contributed by atoms with Gasteiger partial charge in [-0.05, 0) is 231 Å². The molecule has 4 aliphatic heterocycles. The first-order valence-corrected chi connectivity index (χ1v) is 51.0. The second kappa shape index (κ2) is 37.6. The highest BCUT2D eigenvalue weighted by Crippen LogP contribution is 2.57. The fraction of sp³-hybridized carbons (Fsp3) is 0.333. The number of benzene rings is 4. The maximum atomic E-state index is 13.5. The van der Waals surface area contributed by atoms with Crippen molar-refractivity contribution in [3.8, 4) is 11.1 Å². The van der Waals surface area contributed by atoms with E-state index in [-0.39, 0.29) is 63.1 Å². The molecule has 16 heterocycles. The van der Waals surface area contributed by atoms with Gasteiger partial charge in [0.25, 0.3) is 0 Å². The summed E-state index contributed by atoms with van der Waals surface area (Å²) in [6.07, 6.45) is 25.3. The molecule has 0 saturated carbocycles. The molecular weight excluding hydrogens is 1890 g/mol. The number of aryl methyl sites for hydroxylation is 5. The lowest BCUT2D eigenvalue weighted by atomic mass is 9.73. The minimum Gasteiger partial charge on any atom is -0.390 e. The van der Waals surface area contributed by atoms with Crippen molar-refractivity contribution in [1.29, 1.82) is 0 Å². The predicted molar refractivity (Wildman–Crippen MR) is 551 cm³/mol. The Morgan fingerprint density at radius 1 is 0.407 bits per heavy atom. The molecule has 0 bridgehead atoms. The van der Waals surface area contributed by atoms with E-state index in [1.165, 1.54) is 86.4 Å². The summed E-state index contributed by atoms with van der Waals surface area (Å²) in [6.45, 7) is 17.2. The van der Waals surface area contributed by atoms with Gasteiger partial charge in [-0.15, -0.1) is 0 Å². The van der Waals surface area contributed by atoms with E-state index < -0.39 is 11.9 Å². The van der Waals surface area contributed by atoms with Gasteiger partial charge in [-0.2, -0.15) is 13.2 Å². The van der Waals surface area contributed by atoms with Crippen LogP contribution in [0, 0.1) is 56.3 Å². The van der Waals surface area contributed by atoms with E-state index in [9.17, 15) is 18.3 Å². The maximum Gasteiger partial charge on any atom is 0.434 e. The number of imidazole rings is 4. The Morgan fingerprint density at radius 3 is 1.28 bits per heavy atom. The number of nitrogens with two attached hydrogens (primary N) is 7. The van der Waals surface area contributed by atoms with Crippen LogP contribution in [-0.2, 0) is 38.5 Å². The van der Waals surface area contributed by atoms with E-state index in [0.717, 1.165) is 241 Å². The zero-order chi connectivity index (χ0) is 97.2. The summed E-state index contributed by atoms with van der Waals surface area (Å²) >= 11 is 23.4. The number of hydrogen-bond donors (Lipinski definition) is 8. The smallest absolute Gasteiger partial charge is 0.390 e. The lowest BCUT2D eigenvalue weighted by molar-refractivity contribution is -0.143. The van der Waals surface area contributed by atoms with E-state index in [4.69, 9.17) is 94.9 Å². The van der Waals surface area contributed by atoms with Crippen LogP contribution < -0.4 is 59.7 Å². The molecule has 0 radical (unpaired) electrons. The number of aliphatic hydroxyl groups is 1. The molecule has 4 aromatic carbocycles. The summed E-state index contributed by atoms with van der Waals surface area (Å²) in [6, 6.07) is 47.6. The Balaban J connectivity index is 0.000000111. The molecule has 15 N–H and O–H groups in total. The zero-order valence-corrected chi connectivity index (χ0v) is 83.0. The van der Waals surface area contributed by atoms with Gasteiger partial charge in [-0.3, -0.25) is 22.6 Å². The number of halogens is 6. The van der Waals surface area contributed by atoms with Gasteiger partial charge >= 0.3 is 6.18 Å². The van der Waals surface area contributed by atoms with Crippen LogP contribution in [0.4, 0.5) is 54.2 Å².